The summed E-state index contributed by atoms with van der Waals surface area (Å²) >= 11 is 0. The third-order valence-corrected chi connectivity index (χ3v) is 2.77. The Hall–Kier alpha value is -2.87. The van der Waals surface area contributed by atoms with Crippen LogP contribution in [0, 0.1) is 11.3 Å². The number of hydrogen-bond donors (Lipinski definition) is 2. The van der Waals surface area contributed by atoms with Crippen LogP contribution in [0.4, 0.5) is 5.82 Å². The molecule has 0 spiro atoms. The highest BCUT2D eigenvalue weighted by atomic mass is 16.3. The first-order chi connectivity index (χ1) is 9.69. The molecule has 0 saturated carbocycles. The predicted octanol–water partition coefficient (Wildman–Crippen LogP) is 2.23. The average molecular weight is 267 g/mol. The molecule has 0 saturated heterocycles. The van der Waals surface area contributed by atoms with Gasteiger partial charge in [0.15, 0.2) is 11.6 Å². The summed E-state index contributed by atoms with van der Waals surface area (Å²) in [6.45, 7) is 0. The number of hydrogen-bond acceptors (Lipinski definition) is 4. The zero-order valence-electron chi connectivity index (χ0n) is 10.7. The maximum absolute atomic E-state index is 11.7. The zero-order chi connectivity index (χ0) is 14.4. The van der Waals surface area contributed by atoms with Gasteiger partial charge in [-0.3, -0.25) is 4.79 Å². The van der Waals surface area contributed by atoms with Gasteiger partial charge >= 0.3 is 0 Å². The number of aromatic hydroxyl groups is 1. The van der Waals surface area contributed by atoms with Crippen molar-refractivity contribution in [3.05, 3.63) is 53.7 Å². The van der Waals surface area contributed by atoms with Crippen molar-refractivity contribution in [2.24, 2.45) is 0 Å². The highest BCUT2D eigenvalue weighted by Crippen LogP contribution is 2.18. The van der Waals surface area contributed by atoms with Gasteiger partial charge in [-0.15, -0.1) is 0 Å². The molecular weight excluding hydrogens is 254 g/mol. The van der Waals surface area contributed by atoms with Crippen LogP contribution in [0.1, 0.15) is 17.5 Å². The fourth-order valence-electron chi connectivity index (χ4n) is 1.69. The van der Waals surface area contributed by atoms with Gasteiger partial charge in [0.1, 0.15) is 0 Å². The number of carbonyl (C=O) groups is 1. The van der Waals surface area contributed by atoms with Crippen molar-refractivity contribution in [2.45, 2.75) is 12.8 Å². The summed E-state index contributed by atoms with van der Waals surface area (Å²) in [6, 6.07) is 12.2. The van der Waals surface area contributed by atoms with Crippen molar-refractivity contribution in [3.63, 3.8) is 0 Å². The molecule has 1 heterocycles. The summed E-state index contributed by atoms with van der Waals surface area (Å²) in [5, 5.41) is 20.7. The van der Waals surface area contributed by atoms with Crippen molar-refractivity contribution in [1.29, 1.82) is 5.26 Å². The Morgan fingerprint density at radius 2 is 2.05 bits per heavy atom. The number of anilines is 1. The van der Waals surface area contributed by atoms with Crippen molar-refractivity contribution in [3.8, 4) is 11.8 Å². The number of pyridine rings is 1. The molecule has 2 rings (SSSR count). The number of nitriles is 1. The second kappa shape index (κ2) is 6.34. The van der Waals surface area contributed by atoms with Gasteiger partial charge in [0.2, 0.25) is 5.91 Å². The van der Waals surface area contributed by atoms with Gasteiger partial charge < -0.3 is 10.4 Å². The lowest BCUT2D eigenvalue weighted by Gasteiger charge is -2.06. The maximum Gasteiger partial charge on any atom is 0.225 e. The summed E-state index contributed by atoms with van der Waals surface area (Å²) in [4.78, 5) is 15.6. The van der Waals surface area contributed by atoms with E-state index in [1.807, 2.05) is 18.2 Å². The van der Waals surface area contributed by atoms with Crippen LogP contribution >= 0.6 is 0 Å². The lowest BCUT2D eigenvalue weighted by atomic mass is 10.1. The van der Waals surface area contributed by atoms with Crippen LogP contribution in [0.2, 0.25) is 0 Å². The molecule has 0 fully saturated rings. The number of aromatic nitrogens is 1. The second-order valence-electron chi connectivity index (χ2n) is 4.23. The van der Waals surface area contributed by atoms with E-state index < -0.39 is 0 Å². The van der Waals surface area contributed by atoms with E-state index in [9.17, 15) is 9.90 Å². The lowest BCUT2D eigenvalue weighted by Crippen LogP contribution is -2.13. The summed E-state index contributed by atoms with van der Waals surface area (Å²) in [5.74, 6) is -0.111. The van der Waals surface area contributed by atoms with Gasteiger partial charge in [0.25, 0.3) is 0 Å². The van der Waals surface area contributed by atoms with Gasteiger partial charge in [-0.1, -0.05) is 12.1 Å². The average Bonchev–Trinajstić information content (AvgIpc) is 2.48. The minimum Gasteiger partial charge on any atom is -0.504 e. The topological polar surface area (TPSA) is 86.0 Å². The van der Waals surface area contributed by atoms with Crippen LogP contribution in [0.25, 0.3) is 0 Å². The van der Waals surface area contributed by atoms with Crippen LogP contribution in [0.3, 0.4) is 0 Å². The molecule has 1 aromatic carbocycles. The van der Waals surface area contributed by atoms with Crippen molar-refractivity contribution in [2.75, 3.05) is 5.32 Å². The standard InChI is InChI=1S/C15H13N3O2/c16-10-12-5-3-11(4-6-12)7-8-14(20)18-15-13(19)2-1-9-17-15/h1-6,9,19H,7-8H2,(H,17,18,20). The van der Waals surface area contributed by atoms with Gasteiger partial charge in [-0.05, 0) is 36.2 Å². The molecule has 0 atom stereocenters. The Labute approximate surface area is 116 Å². The smallest absolute Gasteiger partial charge is 0.225 e. The minimum atomic E-state index is -0.219. The molecule has 1 amide bonds. The van der Waals surface area contributed by atoms with E-state index in [0.717, 1.165) is 5.56 Å². The van der Waals surface area contributed by atoms with E-state index in [2.05, 4.69) is 10.3 Å². The van der Waals surface area contributed by atoms with Gasteiger partial charge in [0.05, 0.1) is 11.6 Å². The monoisotopic (exact) mass is 267 g/mol. The second-order valence-corrected chi connectivity index (χ2v) is 4.23. The molecule has 0 aliphatic carbocycles. The Morgan fingerprint density at radius 1 is 1.30 bits per heavy atom. The van der Waals surface area contributed by atoms with Crippen molar-refractivity contribution >= 4 is 11.7 Å². The number of carbonyl (C=O) groups excluding carboxylic acids is 1. The van der Waals surface area contributed by atoms with Gasteiger partial charge in [-0.2, -0.15) is 5.26 Å². The summed E-state index contributed by atoms with van der Waals surface area (Å²) in [6.07, 6.45) is 2.34. The number of rotatable bonds is 4. The van der Waals surface area contributed by atoms with E-state index >= 15 is 0 Å². The molecule has 0 bridgehead atoms. The molecule has 0 aliphatic rings. The van der Waals surface area contributed by atoms with E-state index in [4.69, 9.17) is 5.26 Å². The molecule has 2 N–H and O–H groups in total. The third-order valence-electron chi connectivity index (χ3n) is 2.77. The van der Waals surface area contributed by atoms with Gasteiger partial charge in [0, 0.05) is 12.6 Å². The van der Waals surface area contributed by atoms with Crippen LogP contribution in [-0.2, 0) is 11.2 Å². The molecule has 5 nitrogen and oxygen atoms in total. The number of benzene rings is 1. The normalized spacial score (nSPS) is 9.75. The largest absolute Gasteiger partial charge is 0.504 e. The summed E-state index contributed by atoms with van der Waals surface area (Å²) < 4.78 is 0. The Kier molecular flexibility index (Phi) is 4.30. The van der Waals surface area contributed by atoms with E-state index in [1.165, 1.54) is 12.3 Å². The molecule has 2 aromatic rings. The van der Waals surface area contributed by atoms with Crippen molar-refractivity contribution in [1.82, 2.24) is 4.98 Å². The highest BCUT2D eigenvalue weighted by Gasteiger charge is 2.07. The van der Waals surface area contributed by atoms with Crippen LogP contribution in [-0.4, -0.2) is 16.0 Å². The number of aryl methyl sites for hydroxylation is 1. The SMILES string of the molecule is N#Cc1ccc(CCC(=O)Nc2ncccc2O)cc1. The Balaban J connectivity index is 1.89. The molecule has 20 heavy (non-hydrogen) atoms. The molecule has 0 radical (unpaired) electrons. The van der Waals surface area contributed by atoms with E-state index in [1.54, 1.807) is 18.2 Å². The molecule has 0 aliphatic heterocycles. The third kappa shape index (κ3) is 3.56. The first kappa shape index (κ1) is 13.6. The molecule has 0 unspecified atom stereocenters. The maximum atomic E-state index is 11.7. The van der Waals surface area contributed by atoms with Gasteiger partial charge in [-0.25, -0.2) is 4.98 Å². The fraction of sp³-hybridized carbons (Fsp3) is 0.133. The van der Waals surface area contributed by atoms with Crippen LogP contribution < -0.4 is 5.32 Å². The van der Waals surface area contributed by atoms with Crippen molar-refractivity contribution < 1.29 is 9.90 Å². The Bertz CT molecular complexity index is 645. The number of amides is 1. The zero-order valence-corrected chi connectivity index (χ0v) is 10.7. The van der Waals surface area contributed by atoms with E-state index in [0.29, 0.717) is 12.0 Å². The first-order valence-electron chi connectivity index (χ1n) is 6.12. The molecule has 5 heteroatoms. The number of nitrogens with zero attached hydrogens (tertiary/aromatic N) is 2. The molecular formula is C15H13N3O2. The molecule has 100 valence electrons. The fourth-order valence-corrected chi connectivity index (χ4v) is 1.69. The molecule has 1 aromatic heterocycles. The van der Waals surface area contributed by atoms with Crippen LogP contribution in [0.5, 0.6) is 5.75 Å². The van der Waals surface area contributed by atoms with Crippen LogP contribution in [0.15, 0.2) is 42.6 Å². The van der Waals surface area contributed by atoms with E-state index in [-0.39, 0.29) is 23.9 Å². The summed E-state index contributed by atoms with van der Waals surface area (Å²) in [7, 11) is 0. The lowest BCUT2D eigenvalue weighted by molar-refractivity contribution is -0.116. The predicted molar refractivity (Wildman–Crippen MR) is 74.0 cm³/mol. The Morgan fingerprint density at radius 3 is 2.70 bits per heavy atom. The quantitative estimate of drug-likeness (QED) is 0.889. The highest BCUT2D eigenvalue weighted by molar-refractivity contribution is 5.91. The first-order valence-corrected chi connectivity index (χ1v) is 6.12. The number of nitrogens with one attached hydrogen (secondary N) is 1. The minimum absolute atomic E-state index is 0.0563. The summed E-state index contributed by atoms with van der Waals surface area (Å²) in [5.41, 5.74) is 1.57.